The van der Waals surface area contributed by atoms with Gasteiger partial charge in [-0.3, -0.25) is 4.79 Å². The van der Waals surface area contributed by atoms with Crippen LogP contribution in [-0.2, 0) is 4.74 Å². The first-order chi connectivity index (χ1) is 14.2. The lowest BCUT2D eigenvalue weighted by atomic mass is 10.00. The van der Waals surface area contributed by atoms with Crippen LogP contribution < -0.4 is 4.90 Å². The summed E-state index contributed by atoms with van der Waals surface area (Å²) in [7, 11) is 0. The topological polar surface area (TPSA) is 72.4 Å². The number of carbonyl (C=O) groups is 2. The Morgan fingerprint density at radius 2 is 1.48 bits per heavy atom. The van der Waals surface area contributed by atoms with Crippen LogP contribution in [0.25, 0.3) is 0 Å². The van der Waals surface area contributed by atoms with E-state index in [1.165, 1.54) is 0 Å². The lowest BCUT2D eigenvalue weighted by Gasteiger charge is -2.18. The van der Waals surface area contributed by atoms with Gasteiger partial charge in [0.1, 0.15) is 0 Å². The van der Waals surface area contributed by atoms with Crippen LogP contribution in [0.15, 0.2) is 72.8 Å². The molecule has 0 bridgehead atoms. The van der Waals surface area contributed by atoms with Gasteiger partial charge in [-0.2, -0.15) is 0 Å². The van der Waals surface area contributed by atoms with Crippen molar-refractivity contribution >= 4 is 17.6 Å². The van der Waals surface area contributed by atoms with Gasteiger partial charge in [0.2, 0.25) is 5.78 Å². The highest BCUT2D eigenvalue weighted by Crippen LogP contribution is 2.24. The summed E-state index contributed by atoms with van der Waals surface area (Å²) in [5.74, 6) is -0.213. The van der Waals surface area contributed by atoms with Crippen molar-refractivity contribution in [3.8, 4) is 0 Å². The van der Waals surface area contributed by atoms with Crippen molar-refractivity contribution < 1.29 is 14.3 Å². The highest BCUT2D eigenvalue weighted by atomic mass is 16.5. The van der Waals surface area contributed by atoms with Crippen molar-refractivity contribution in [1.82, 2.24) is 10.2 Å². The minimum atomic E-state index is -1.05. The van der Waals surface area contributed by atoms with Crippen molar-refractivity contribution in [2.45, 2.75) is 18.9 Å². The van der Waals surface area contributed by atoms with E-state index in [0.29, 0.717) is 11.1 Å². The Hall–Kier alpha value is -3.54. The molecule has 0 aliphatic carbocycles. The quantitative estimate of drug-likeness (QED) is 0.472. The second-order valence-electron chi connectivity index (χ2n) is 6.90. The molecule has 1 aliphatic heterocycles. The maximum atomic E-state index is 13.0. The molecule has 1 unspecified atom stereocenters. The number of carbonyl (C=O) groups excluding carboxylic acids is 2. The number of hydrogen-bond acceptors (Lipinski definition) is 6. The zero-order chi connectivity index (χ0) is 20.1. The van der Waals surface area contributed by atoms with E-state index >= 15 is 0 Å². The van der Waals surface area contributed by atoms with E-state index in [0.717, 1.165) is 31.7 Å². The van der Waals surface area contributed by atoms with Crippen LogP contribution in [0.3, 0.4) is 0 Å². The van der Waals surface area contributed by atoms with E-state index in [1.54, 1.807) is 60.7 Å². The Kier molecular flexibility index (Phi) is 5.61. The Morgan fingerprint density at radius 1 is 0.828 bits per heavy atom. The molecule has 6 nitrogen and oxygen atoms in total. The standard InChI is InChI=1S/C23H21N3O3/c27-21(17-9-3-1-4-10-17)22(18-11-5-2-6-12-18)29-23(28)19-13-14-20(25-24-19)26-15-7-8-16-26/h1-6,9-14,22H,7-8,15-16H2. The molecule has 2 heterocycles. The molecule has 0 spiro atoms. The molecule has 29 heavy (non-hydrogen) atoms. The smallest absolute Gasteiger partial charge is 0.359 e. The lowest BCUT2D eigenvalue weighted by molar-refractivity contribution is 0.0273. The second kappa shape index (κ2) is 8.65. The van der Waals surface area contributed by atoms with Gasteiger partial charge in [-0.15, -0.1) is 10.2 Å². The number of anilines is 1. The first-order valence-corrected chi connectivity index (χ1v) is 9.66. The van der Waals surface area contributed by atoms with Crippen molar-refractivity contribution in [3.05, 3.63) is 89.6 Å². The SMILES string of the molecule is O=C(OC(C(=O)c1ccccc1)c1ccccc1)c1ccc(N2CCCC2)nn1. The molecule has 0 amide bonds. The summed E-state index contributed by atoms with van der Waals surface area (Å²) in [4.78, 5) is 27.9. The molecule has 0 radical (unpaired) electrons. The second-order valence-corrected chi connectivity index (χ2v) is 6.90. The Labute approximate surface area is 169 Å². The number of aromatic nitrogens is 2. The summed E-state index contributed by atoms with van der Waals surface area (Å²) < 4.78 is 5.60. The van der Waals surface area contributed by atoms with Gasteiger partial charge in [-0.25, -0.2) is 4.79 Å². The van der Waals surface area contributed by atoms with Crippen LogP contribution in [0.2, 0.25) is 0 Å². The van der Waals surface area contributed by atoms with Crippen molar-refractivity contribution in [2.75, 3.05) is 18.0 Å². The molecule has 0 N–H and O–H groups in total. The Morgan fingerprint density at radius 3 is 2.10 bits per heavy atom. The van der Waals surface area contributed by atoms with Crippen LogP contribution in [0.1, 0.15) is 45.4 Å². The molecule has 1 atom stereocenters. The minimum absolute atomic E-state index is 0.0785. The van der Waals surface area contributed by atoms with Gasteiger partial charge in [0.25, 0.3) is 0 Å². The first kappa shape index (κ1) is 18.8. The fraction of sp³-hybridized carbons (Fsp3) is 0.217. The number of ether oxygens (including phenoxy) is 1. The van der Waals surface area contributed by atoms with Crippen molar-refractivity contribution in [1.29, 1.82) is 0 Å². The third-order valence-corrected chi connectivity index (χ3v) is 4.91. The largest absolute Gasteiger partial charge is 0.444 e. The van der Waals surface area contributed by atoms with Crippen LogP contribution in [-0.4, -0.2) is 35.0 Å². The number of benzene rings is 2. The van der Waals surface area contributed by atoms with Gasteiger partial charge in [0.15, 0.2) is 17.6 Å². The van der Waals surface area contributed by atoms with Gasteiger partial charge < -0.3 is 9.64 Å². The monoisotopic (exact) mass is 387 g/mol. The molecule has 3 aromatic rings. The third kappa shape index (κ3) is 4.32. The highest BCUT2D eigenvalue weighted by molar-refractivity contribution is 6.01. The number of rotatable bonds is 6. The van der Waals surface area contributed by atoms with Gasteiger partial charge >= 0.3 is 5.97 Å². The fourth-order valence-electron chi connectivity index (χ4n) is 3.37. The number of ketones is 1. The van der Waals surface area contributed by atoms with E-state index in [2.05, 4.69) is 15.1 Å². The molecule has 1 fully saturated rings. The van der Waals surface area contributed by atoms with Crippen molar-refractivity contribution in [3.63, 3.8) is 0 Å². The molecular formula is C23H21N3O3. The summed E-state index contributed by atoms with van der Waals surface area (Å²) >= 11 is 0. The van der Waals surface area contributed by atoms with E-state index in [-0.39, 0.29) is 11.5 Å². The summed E-state index contributed by atoms with van der Waals surface area (Å²) in [6.45, 7) is 1.89. The molecule has 0 saturated carbocycles. The van der Waals surface area contributed by atoms with Crippen molar-refractivity contribution in [2.24, 2.45) is 0 Å². The van der Waals surface area contributed by atoms with Crippen LogP contribution in [0.4, 0.5) is 5.82 Å². The van der Waals surface area contributed by atoms with E-state index in [4.69, 9.17) is 4.74 Å². The van der Waals surface area contributed by atoms with Gasteiger partial charge in [-0.1, -0.05) is 60.7 Å². The predicted molar refractivity (Wildman–Crippen MR) is 109 cm³/mol. The molecule has 6 heteroatoms. The Balaban J connectivity index is 1.55. The average Bonchev–Trinajstić information content (AvgIpc) is 3.33. The molecule has 2 aromatic carbocycles. The van der Waals surface area contributed by atoms with Crippen LogP contribution in [0, 0.1) is 0 Å². The molecule has 1 saturated heterocycles. The van der Waals surface area contributed by atoms with E-state index in [9.17, 15) is 9.59 Å². The number of nitrogens with zero attached hydrogens (tertiary/aromatic N) is 3. The molecule has 1 aliphatic rings. The third-order valence-electron chi connectivity index (χ3n) is 4.91. The van der Waals surface area contributed by atoms with E-state index in [1.807, 2.05) is 12.1 Å². The maximum absolute atomic E-state index is 13.0. The molecule has 4 rings (SSSR count). The van der Waals surface area contributed by atoms with Gasteiger partial charge in [-0.05, 0) is 25.0 Å². The summed E-state index contributed by atoms with van der Waals surface area (Å²) in [5, 5.41) is 8.18. The number of esters is 1. The fourth-order valence-corrected chi connectivity index (χ4v) is 3.37. The van der Waals surface area contributed by atoms with Crippen LogP contribution >= 0.6 is 0 Å². The van der Waals surface area contributed by atoms with E-state index < -0.39 is 12.1 Å². The summed E-state index contributed by atoms with van der Waals surface area (Å²) in [6, 6.07) is 21.1. The first-order valence-electron chi connectivity index (χ1n) is 9.66. The average molecular weight is 387 g/mol. The van der Waals surface area contributed by atoms with Gasteiger partial charge in [0.05, 0.1) is 0 Å². The summed E-state index contributed by atoms with van der Waals surface area (Å²) in [5.41, 5.74) is 1.16. The molecule has 1 aromatic heterocycles. The number of Topliss-reactive ketones (excluding diaryl/α,β-unsaturated/α-hetero) is 1. The van der Waals surface area contributed by atoms with Gasteiger partial charge in [0, 0.05) is 24.2 Å². The number of hydrogen-bond donors (Lipinski definition) is 0. The predicted octanol–water partition coefficient (Wildman–Crippen LogP) is 3.86. The molecular weight excluding hydrogens is 366 g/mol. The minimum Gasteiger partial charge on any atom is -0.444 e. The molecule has 146 valence electrons. The van der Waals surface area contributed by atoms with Crippen LogP contribution in [0.5, 0.6) is 0 Å². The maximum Gasteiger partial charge on any atom is 0.359 e. The highest BCUT2D eigenvalue weighted by Gasteiger charge is 2.27. The normalized spacial score (nSPS) is 14.4. The summed E-state index contributed by atoms with van der Waals surface area (Å²) in [6.07, 6.45) is 1.21. The zero-order valence-corrected chi connectivity index (χ0v) is 15.9. The lowest BCUT2D eigenvalue weighted by Crippen LogP contribution is -2.22. The Bertz CT molecular complexity index is 969. The zero-order valence-electron chi connectivity index (χ0n) is 15.9.